The Kier molecular flexibility index (Phi) is 12.3. The van der Waals surface area contributed by atoms with Crippen LogP contribution in [0.1, 0.15) is 69.9 Å². The van der Waals surface area contributed by atoms with Gasteiger partial charge in [-0.05, 0) is 54.0 Å². The van der Waals surface area contributed by atoms with Gasteiger partial charge in [-0.3, -0.25) is 9.59 Å². The number of halogens is 3. The normalized spacial score (nSPS) is 22.7. The Hall–Kier alpha value is -2.19. The lowest BCUT2D eigenvalue weighted by Gasteiger charge is -2.22. The van der Waals surface area contributed by atoms with E-state index in [0.717, 1.165) is 24.8 Å². The predicted octanol–water partition coefficient (Wildman–Crippen LogP) is 5.87. The maximum Gasteiger partial charge on any atom is 0.211 e. The van der Waals surface area contributed by atoms with Crippen LogP contribution in [0.25, 0.3) is 0 Å². The number of anilines is 1. The first-order valence-corrected chi connectivity index (χ1v) is 13.2. The Morgan fingerprint density at radius 1 is 1.00 bits per heavy atom. The number of carbonyl (C=O) groups is 2. The van der Waals surface area contributed by atoms with Gasteiger partial charge in [0, 0.05) is 41.7 Å². The van der Waals surface area contributed by atoms with E-state index in [1.807, 2.05) is 6.07 Å². The zero-order valence-electron chi connectivity index (χ0n) is 21.9. The fourth-order valence-corrected chi connectivity index (χ4v) is 4.74. The molecule has 0 radical (unpaired) electrons. The number of hydrogen-bond donors (Lipinski definition) is 4. The molecule has 0 bridgehead atoms. The SMILES string of the molecule is CC(C)(C)C.O=CNC1CCC(O)C1.O=CNc1cc(Cl)ccc1C1CNCC1c1cccc(Cl)c1F. The number of aliphatic hydroxyl groups is 1. The highest BCUT2D eigenvalue weighted by atomic mass is 35.5. The molecule has 2 aromatic rings. The van der Waals surface area contributed by atoms with Crippen molar-refractivity contribution < 1.29 is 19.1 Å². The molecule has 204 valence electrons. The van der Waals surface area contributed by atoms with Crippen LogP contribution < -0.4 is 16.0 Å². The zero-order valence-corrected chi connectivity index (χ0v) is 23.4. The summed E-state index contributed by atoms with van der Waals surface area (Å²) in [4.78, 5) is 20.7. The van der Waals surface area contributed by atoms with Crippen molar-refractivity contribution in [2.75, 3.05) is 18.4 Å². The van der Waals surface area contributed by atoms with Crippen LogP contribution >= 0.6 is 23.2 Å². The third-order valence-corrected chi connectivity index (χ3v) is 6.46. The average Bonchev–Trinajstić information content (AvgIpc) is 3.45. The van der Waals surface area contributed by atoms with E-state index < -0.39 is 0 Å². The van der Waals surface area contributed by atoms with E-state index in [0.29, 0.717) is 47.6 Å². The molecule has 0 aromatic heterocycles. The van der Waals surface area contributed by atoms with Crippen molar-refractivity contribution in [2.24, 2.45) is 5.41 Å². The molecule has 1 saturated carbocycles. The number of hydrogen-bond acceptors (Lipinski definition) is 4. The van der Waals surface area contributed by atoms with Crippen LogP contribution in [0.3, 0.4) is 0 Å². The zero-order chi connectivity index (χ0) is 27.6. The summed E-state index contributed by atoms with van der Waals surface area (Å²) in [5.41, 5.74) is 2.66. The standard InChI is InChI=1S/C17H15Cl2FN2O.C6H11NO2.C5H12/c18-10-4-5-11(16(6-10)22-9-23)13-7-21-8-14(13)12-2-1-3-15(19)17(12)20;8-4-7-5-1-2-6(9)3-5;1-5(2,3)4/h1-6,9,13-14,21H,7-8H2,(H,22,23);4-6,9H,1-3H2,(H,7,8);1-4H3. The van der Waals surface area contributed by atoms with E-state index in [9.17, 15) is 14.0 Å². The lowest BCUT2D eigenvalue weighted by atomic mass is 9.83. The number of benzene rings is 2. The third-order valence-electron chi connectivity index (χ3n) is 5.93. The molecule has 1 heterocycles. The Labute approximate surface area is 229 Å². The van der Waals surface area contributed by atoms with Crippen LogP contribution in [0.4, 0.5) is 10.1 Å². The third kappa shape index (κ3) is 10.2. The monoisotopic (exact) mass is 553 g/mol. The number of nitrogens with one attached hydrogen (secondary N) is 3. The molecule has 37 heavy (non-hydrogen) atoms. The van der Waals surface area contributed by atoms with E-state index in [1.54, 1.807) is 30.3 Å². The molecule has 1 aliphatic carbocycles. The van der Waals surface area contributed by atoms with Gasteiger partial charge in [-0.2, -0.15) is 0 Å². The fraction of sp³-hybridized carbons (Fsp3) is 0.500. The van der Waals surface area contributed by atoms with E-state index in [-0.39, 0.29) is 34.8 Å². The molecule has 2 aliphatic rings. The smallest absolute Gasteiger partial charge is 0.211 e. The van der Waals surface area contributed by atoms with Crippen LogP contribution in [-0.4, -0.2) is 43.2 Å². The lowest BCUT2D eigenvalue weighted by Crippen LogP contribution is -2.24. The van der Waals surface area contributed by atoms with Crippen molar-refractivity contribution in [2.45, 2.75) is 70.9 Å². The van der Waals surface area contributed by atoms with Crippen molar-refractivity contribution in [3.8, 4) is 0 Å². The van der Waals surface area contributed by atoms with Gasteiger partial charge >= 0.3 is 0 Å². The van der Waals surface area contributed by atoms with Crippen LogP contribution in [0, 0.1) is 11.2 Å². The summed E-state index contributed by atoms with van der Waals surface area (Å²) >= 11 is 11.9. The van der Waals surface area contributed by atoms with Crippen molar-refractivity contribution in [1.82, 2.24) is 10.6 Å². The molecule has 4 atom stereocenters. The molecule has 4 unspecified atom stereocenters. The van der Waals surface area contributed by atoms with Crippen LogP contribution in [0.2, 0.25) is 10.0 Å². The van der Waals surface area contributed by atoms with E-state index in [4.69, 9.17) is 28.3 Å². The summed E-state index contributed by atoms with van der Waals surface area (Å²) in [5.74, 6) is -0.434. The summed E-state index contributed by atoms with van der Waals surface area (Å²) in [6.07, 6.45) is 3.58. The van der Waals surface area contributed by atoms with Crippen LogP contribution in [0.5, 0.6) is 0 Å². The van der Waals surface area contributed by atoms with Crippen LogP contribution in [-0.2, 0) is 9.59 Å². The van der Waals surface area contributed by atoms with Gasteiger partial charge in [0.25, 0.3) is 0 Å². The van der Waals surface area contributed by atoms with Gasteiger partial charge in [0.2, 0.25) is 12.8 Å². The molecule has 2 amide bonds. The molecular formula is C28H38Cl2FN3O3. The Bertz CT molecular complexity index is 1030. The molecule has 1 saturated heterocycles. The molecule has 2 aromatic carbocycles. The first-order chi connectivity index (χ1) is 17.4. The fourth-order valence-electron chi connectivity index (χ4n) is 4.38. The topological polar surface area (TPSA) is 90.5 Å². The van der Waals surface area contributed by atoms with Crippen LogP contribution in [0.15, 0.2) is 36.4 Å². The Morgan fingerprint density at radius 2 is 1.65 bits per heavy atom. The summed E-state index contributed by atoms with van der Waals surface area (Å²) in [6, 6.07) is 10.6. The second-order valence-electron chi connectivity index (χ2n) is 11.0. The molecule has 6 nitrogen and oxygen atoms in total. The second kappa shape index (κ2) is 14.7. The first kappa shape index (κ1) is 31.0. The van der Waals surface area contributed by atoms with Crippen molar-refractivity contribution in [1.29, 1.82) is 0 Å². The van der Waals surface area contributed by atoms with Gasteiger partial charge in [0.05, 0.1) is 11.1 Å². The summed E-state index contributed by atoms with van der Waals surface area (Å²) in [6.45, 7) is 10.1. The summed E-state index contributed by atoms with van der Waals surface area (Å²) < 4.78 is 14.4. The van der Waals surface area contributed by atoms with Gasteiger partial charge in [-0.1, -0.05) is 69.1 Å². The molecule has 4 rings (SSSR count). The molecule has 4 N–H and O–H groups in total. The van der Waals surface area contributed by atoms with Gasteiger partial charge in [0.1, 0.15) is 5.82 Å². The number of aliphatic hydroxyl groups excluding tert-OH is 1. The Balaban J connectivity index is 0.000000283. The maximum atomic E-state index is 14.4. The summed E-state index contributed by atoms with van der Waals surface area (Å²) in [7, 11) is 0. The van der Waals surface area contributed by atoms with Crippen molar-refractivity contribution in [3.63, 3.8) is 0 Å². The molecular weight excluding hydrogens is 516 g/mol. The minimum atomic E-state index is -0.383. The second-order valence-corrected chi connectivity index (χ2v) is 11.8. The van der Waals surface area contributed by atoms with Gasteiger partial charge in [-0.25, -0.2) is 4.39 Å². The maximum absolute atomic E-state index is 14.4. The highest BCUT2D eigenvalue weighted by Gasteiger charge is 2.33. The van der Waals surface area contributed by atoms with Crippen molar-refractivity contribution >= 4 is 41.7 Å². The quantitative estimate of drug-likeness (QED) is 0.337. The largest absolute Gasteiger partial charge is 0.393 e. The van der Waals surface area contributed by atoms with E-state index >= 15 is 0 Å². The Morgan fingerprint density at radius 3 is 2.22 bits per heavy atom. The minimum absolute atomic E-state index is 0.0164. The molecule has 2 fully saturated rings. The lowest BCUT2D eigenvalue weighted by molar-refractivity contribution is -0.110. The minimum Gasteiger partial charge on any atom is -0.393 e. The highest BCUT2D eigenvalue weighted by Crippen LogP contribution is 2.41. The number of amides is 2. The highest BCUT2D eigenvalue weighted by molar-refractivity contribution is 6.31. The molecule has 1 aliphatic heterocycles. The first-order valence-electron chi connectivity index (χ1n) is 12.5. The van der Waals surface area contributed by atoms with Gasteiger partial charge < -0.3 is 21.1 Å². The van der Waals surface area contributed by atoms with E-state index in [1.165, 1.54) is 0 Å². The molecule has 0 spiro atoms. The van der Waals surface area contributed by atoms with E-state index in [2.05, 4.69) is 43.6 Å². The summed E-state index contributed by atoms with van der Waals surface area (Å²) in [5, 5.41) is 18.2. The average molecular weight is 555 g/mol. The van der Waals surface area contributed by atoms with Crippen molar-refractivity contribution in [3.05, 3.63) is 63.4 Å². The van der Waals surface area contributed by atoms with Gasteiger partial charge in [0.15, 0.2) is 0 Å². The number of carbonyl (C=O) groups excluding carboxylic acids is 2. The predicted molar refractivity (Wildman–Crippen MR) is 149 cm³/mol. The van der Waals surface area contributed by atoms with Gasteiger partial charge in [-0.15, -0.1) is 0 Å². The molecule has 9 heteroatoms. The number of rotatable bonds is 6.